The van der Waals surface area contributed by atoms with Gasteiger partial charge in [-0.15, -0.1) is 0 Å². The van der Waals surface area contributed by atoms with Crippen molar-refractivity contribution in [2.45, 2.75) is 76.9 Å². The number of nitrogens with two attached hydrogens (primary N) is 1. The van der Waals surface area contributed by atoms with Gasteiger partial charge in [-0.25, -0.2) is 0 Å². The molecule has 20 heavy (non-hydrogen) atoms. The number of rotatable bonds is 2. The van der Waals surface area contributed by atoms with Crippen LogP contribution < -0.4 is 5.73 Å². The lowest BCUT2D eigenvalue weighted by atomic mass is 9.63. The van der Waals surface area contributed by atoms with Gasteiger partial charge in [0.15, 0.2) is 0 Å². The third-order valence-electron chi connectivity index (χ3n) is 6.31. The summed E-state index contributed by atoms with van der Waals surface area (Å²) < 4.78 is 0. The fourth-order valence-electron chi connectivity index (χ4n) is 4.95. The summed E-state index contributed by atoms with van der Waals surface area (Å²) in [6.07, 6.45) is 9.52. The summed E-state index contributed by atoms with van der Waals surface area (Å²) in [5.41, 5.74) is 5.43. The summed E-state index contributed by atoms with van der Waals surface area (Å²) >= 11 is 0. The molecule has 2 saturated carbocycles. The standard InChI is InChI=1S/C17H30N2O/c1-11(2)12-8-9-15-14(10-12)17(20,16(18)19-15)13-6-4-3-5-7-13/h11-15,20H,3-10H2,1-2H3,(H2,18,19). The number of hydrogen-bond acceptors (Lipinski definition) is 3. The molecule has 0 aromatic heterocycles. The van der Waals surface area contributed by atoms with Crippen LogP contribution in [0.3, 0.4) is 0 Å². The van der Waals surface area contributed by atoms with Crippen LogP contribution in [-0.2, 0) is 0 Å². The molecular formula is C17H30N2O. The molecule has 3 heteroatoms. The van der Waals surface area contributed by atoms with Crippen molar-refractivity contribution in [1.82, 2.24) is 0 Å². The summed E-state index contributed by atoms with van der Waals surface area (Å²) in [4.78, 5) is 4.68. The van der Waals surface area contributed by atoms with E-state index in [9.17, 15) is 5.11 Å². The minimum absolute atomic E-state index is 0.284. The summed E-state index contributed by atoms with van der Waals surface area (Å²) in [6, 6.07) is 0.289. The van der Waals surface area contributed by atoms with Gasteiger partial charge >= 0.3 is 0 Å². The molecule has 0 aromatic carbocycles. The Bertz CT molecular complexity index is 386. The lowest BCUT2D eigenvalue weighted by Gasteiger charge is -2.44. The van der Waals surface area contributed by atoms with Crippen molar-refractivity contribution < 1.29 is 5.11 Å². The first-order valence-electron chi connectivity index (χ1n) is 8.59. The third-order valence-corrected chi connectivity index (χ3v) is 6.31. The molecule has 1 heterocycles. The monoisotopic (exact) mass is 278 g/mol. The minimum atomic E-state index is -0.793. The summed E-state index contributed by atoms with van der Waals surface area (Å²) in [5.74, 6) is 2.62. The first-order chi connectivity index (χ1) is 9.53. The van der Waals surface area contributed by atoms with Crippen molar-refractivity contribution in [2.24, 2.45) is 34.4 Å². The molecule has 0 saturated heterocycles. The smallest absolute Gasteiger partial charge is 0.129 e. The predicted molar refractivity (Wildman–Crippen MR) is 82.6 cm³/mol. The van der Waals surface area contributed by atoms with E-state index in [4.69, 9.17) is 5.73 Å². The Balaban J connectivity index is 1.83. The van der Waals surface area contributed by atoms with Crippen molar-refractivity contribution in [1.29, 1.82) is 0 Å². The van der Waals surface area contributed by atoms with Crippen LogP contribution in [0.2, 0.25) is 0 Å². The highest BCUT2D eigenvalue weighted by molar-refractivity contribution is 5.91. The van der Waals surface area contributed by atoms with Crippen LogP contribution in [0, 0.1) is 23.7 Å². The molecule has 4 atom stereocenters. The van der Waals surface area contributed by atoms with Gasteiger partial charge in [0.2, 0.25) is 0 Å². The van der Waals surface area contributed by atoms with Crippen LogP contribution >= 0.6 is 0 Å². The van der Waals surface area contributed by atoms with Crippen molar-refractivity contribution in [3.05, 3.63) is 0 Å². The lowest BCUT2D eigenvalue weighted by Crippen LogP contribution is -2.55. The van der Waals surface area contributed by atoms with Gasteiger partial charge in [-0.05, 0) is 49.9 Å². The zero-order valence-corrected chi connectivity index (χ0v) is 13.0. The van der Waals surface area contributed by atoms with E-state index >= 15 is 0 Å². The Morgan fingerprint density at radius 3 is 2.50 bits per heavy atom. The number of amidine groups is 1. The zero-order valence-electron chi connectivity index (χ0n) is 13.0. The number of aliphatic imine (C=N–C) groups is 1. The average molecular weight is 278 g/mol. The van der Waals surface area contributed by atoms with E-state index in [-0.39, 0.29) is 12.0 Å². The van der Waals surface area contributed by atoms with Crippen LogP contribution in [-0.4, -0.2) is 22.6 Å². The Kier molecular flexibility index (Phi) is 3.83. The van der Waals surface area contributed by atoms with Gasteiger partial charge < -0.3 is 10.8 Å². The largest absolute Gasteiger partial charge is 0.385 e. The molecular weight excluding hydrogens is 248 g/mol. The van der Waals surface area contributed by atoms with Crippen molar-refractivity contribution in [3.63, 3.8) is 0 Å². The highest BCUT2D eigenvalue weighted by Crippen LogP contribution is 2.49. The number of aliphatic hydroxyl groups is 1. The maximum atomic E-state index is 11.4. The fraction of sp³-hybridized carbons (Fsp3) is 0.941. The average Bonchev–Trinajstić information content (AvgIpc) is 2.72. The van der Waals surface area contributed by atoms with E-state index in [2.05, 4.69) is 18.8 Å². The van der Waals surface area contributed by atoms with Gasteiger partial charge in [0, 0.05) is 5.92 Å². The first-order valence-corrected chi connectivity index (χ1v) is 8.59. The van der Waals surface area contributed by atoms with E-state index < -0.39 is 5.60 Å². The Hall–Kier alpha value is -0.570. The van der Waals surface area contributed by atoms with Crippen molar-refractivity contribution >= 4 is 5.84 Å². The minimum Gasteiger partial charge on any atom is -0.385 e. The van der Waals surface area contributed by atoms with Gasteiger partial charge in [0.1, 0.15) is 11.4 Å². The van der Waals surface area contributed by atoms with Crippen LogP contribution in [0.4, 0.5) is 0 Å². The first kappa shape index (κ1) is 14.4. The lowest BCUT2D eigenvalue weighted by molar-refractivity contribution is -0.0407. The van der Waals surface area contributed by atoms with E-state index in [0.717, 1.165) is 31.6 Å². The summed E-state index contributed by atoms with van der Waals surface area (Å²) in [6.45, 7) is 4.62. The predicted octanol–water partition coefficient (Wildman–Crippen LogP) is 3.11. The maximum Gasteiger partial charge on any atom is 0.129 e. The molecule has 0 spiro atoms. The van der Waals surface area contributed by atoms with Crippen molar-refractivity contribution in [2.75, 3.05) is 0 Å². The SMILES string of the molecule is CC(C)C1CCC2N=C(N)C(O)(C3CCCCC3)C2C1. The molecule has 2 fully saturated rings. The maximum absolute atomic E-state index is 11.4. The molecule has 0 aromatic rings. The van der Waals surface area contributed by atoms with Gasteiger partial charge in [-0.3, -0.25) is 4.99 Å². The number of fused-ring (bicyclic) bond motifs is 1. The molecule has 3 aliphatic rings. The van der Waals surface area contributed by atoms with E-state index in [1.54, 1.807) is 0 Å². The number of nitrogens with zero attached hydrogens (tertiary/aromatic N) is 1. The molecule has 3 rings (SSSR count). The van der Waals surface area contributed by atoms with Crippen LogP contribution in [0.15, 0.2) is 4.99 Å². The molecule has 114 valence electrons. The molecule has 0 amide bonds. The molecule has 0 bridgehead atoms. The Morgan fingerprint density at radius 1 is 1.15 bits per heavy atom. The van der Waals surface area contributed by atoms with Crippen LogP contribution in [0.5, 0.6) is 0 Å². The van der Waals surface area contributed by atoms with E-state index in [1.807, 2.05) is 0 Å². The van der Waals surface area contributed by atoms with Crippen molar-refractivity contribution in [3.8, 4) is 0 Å². The topological polar surface area (TPSA) is 58.6 Å². The molecule has 4 unspecified atom stereocenters. The zero-order chi connectivity index (χ0) is 14.3. The second-order valence-electron chi connectivity index (χ2n) is 7.67. The summed E-state index contributed by atoms with van der Waals surface area (Å²) in [5, 5.41) is 11.4. The van der Waals surface area contributed by atoms with Gasteiger partial charge in [-0.2, -0.15) is 0 Å². The van der Waals surface area contributed by atoms with Gasteiger partial charge in [-0.1, -0.05) is 33.1 Å². The van der Waals surface area contributed by atoms with Gasteiger partial charge in [0.25, 0.3) is 0 Å². The normalized spacial score (nSPS) is 42.6. The molecule has 3 N–H and O–H groups in total. The van der Waals surface area contributed by atoms with Crippen LogP contribution in [0.1, 0.15) is 65.2 Å². The number of hydrogen-bond donors (Lipinski definition) is 2. The highest BCUT2D eigenvalue weighted by atomic mass is 16.3. The highest BCUT2D eigenvalue weighted by Gasteiger charge is 2.55. The molecule has 2 aliphatic carbocycles. The third kappa shape index (κ3) is 2.18. The quantitative estimate of drug-likeness (QED) is 0.815. The second kappa shape index (κ2) is 5.32. The summed E-state index contributed by atoms with van der Waals surface area (Å²) in [7, 11) is 0. The van der Waals surface area contributed by atoms with E-state index in [0.29, 0.717) is 17.7 Å². The van der Waals surface area contributed by atoms with Crippen LogP contribution in [0.25, 0.3) is 0 Å². The molecule has 3 nitrogen and oxygen atoms in total. The Labute approximate surface area is 123 Å². The Morgan fingerprint density at radius 2 is 1.85 bits per heavy atom. The molecule has 0 radical (unpaired) electrons. The fourth-order valence-corrected chi connectivity index (χ4v) is 4.95. The second-order valence-corrected chi connectivity index (χ2v) is 7.67. The van der Waals surface area contributed by atoms with Gasteiger partial charge in [0.05, 0.1) is 6.04 Å². The van der Waals surface area contributed by atoms with E-state index in [1.165, 1.54) is 25.7 Å². The molecule has 1 aliphatic heterocycles.